The predicted molar refractivity (Wildman–Crippen MR) is 149 cm³/mol. The summed E-state index contributed by atoms with van der Waals surface area (Å²) >= 11 is 6.70. The van der Waals surface area contributed by atoms with Crippen LogP contribution in [0.3, 0.4) is 0 Å². The van der Waals surface area contributed by atoms with E-state index in [-0.39, 0.29) is 17.4 Å². The molecule has 1 aromatic carbocycles. The standard InChI is InChI=1S/C20H25N7O3.C5H4ClNOS/c21-17(28)16-18(23-20(25-24-16)27-8-2-1-3-9-27)22-15-6-4-14(5-7-15)19(29)26-10-12-30-13-11-26;6-4-2-1-3(9-4)5(7)8/h4-7H,1-3,8-13H2,(H2,21,28)(H,22,23,25);1-2H,(H2,7,8). The quantitative estimate of drug-likeness (QED) is 0.402. The van der Waals surface area contributed by atoms with Gasteiger partial charge in [-0.2, -0.15) is 4.98 Å². The maximum Gasteiger partial charge on any atom is 0.273 e. The van der Waals surface area contributed by atoms with E-state index in [1.54, 1.807) is 41.3 Å². The second kappa shape index (κ2) is 13.3. The lowest BCUT2D eigenvalue weighted by atomic mass is 10.1. The molecule has 0 spiro atoms. The van der Waals surface area contributed by atoms with Gasteiger partial charge in [-0.25, -0.2) is 0 Å². The van der Waals surface area contributed by atoms with E-state index in [2.05, 4.69) is 25.4 Å². The average Bonchev–Trinajstić information content (AvgIpc) is 3.41. The minimum atomic E-state index is -0.707. The van der Waals surface area contributed by atoms with Crippen molar-refractivity contribution in [3.63, 3.8) is 0 Å². The first-order valence-electron chi connectivity index (χ1n) is 12.4. The van der Waals surface area contributed by atoms with Crippen molar-refractivity contribution in [3.05, 3.63) is 56.9 Å². The highest BCUT2D eigenvalue weighted by Crippen LogP contribution is 2.23. The fourth-order valence-electron chi connectivity index (χ4n) is 4.03. The maximum absolute atomic E-state index is 12.6. The lowest BCUT2D eigenvalue weighted by Gasteiger charge is -2.27. The summed E-state index contributed by atoms with van der Waals surface area (Å²) in [6.45, 7) is 4.01. The Balaban J connectivity index is 0.000000333. The van der Waals surface area contributed by atoms with Crippen molar-refractivity contribution in [2.75, 3.05) is 49.6 Å². The van der Waals surface area contributed by atoms with E-state index in [9.17, 15) is 14.4 Å². The number of halogens is 1. The van der Waals surface area contributed by atoms with Crippen LogP contribution in [-0.2, 0) is 4.74 Å². The summed E-state index contributed by atoms with van der Waals surface area (Å²) in [5.74, 6) is -0.431. The number of rotatable bonds is 6. The second-order valence-electron chi connectivity index (χ2n) is 8.80. The fraction of sp³-hybridized carbons (Fsp3) is 0.360. The van der Waals surface area contributed by atoms with E-state index in [0.29, 0.717) is 52.7 Å². The molecule has 14 heteroatoms. The minimum absolute atomic E-state index is 0.0239. The highest BCUT2D eigenvalue weighted by molar-refractivity contribution is 7.17. The van der Waals surface area contributed by atoms with Crippen LogP contribution in [0.25, 0.3) is 0 Å². The summed E-state index contributed by atoms with van der Waals surface area (Å²) in [6.07, 6.45) is 3.33. The number of morpholine rings is 1. The van der Waals surface area contributed by atoms with Crippen LogP contribution >= 0.6 is 22.9 Å². The largest absolute Gasteiger partial charge is 0.378 e. The molecule has 3 amide bonds. The number of carbonyl (C=O) groups excluding carboxylic acids is 3. The molecule has 0 unspecified atom stereocenters. The Bertz CT molecular complexity index is 1310. The summed E-state index contributed by atoms with van der Waals surface area (Å²) in [5, 5.41) is 11.2. The third-order valence-electron chi connectivity index (χ3n) is 6.06. The summed E-state index contributed by atoms with van der Waals surface area (Å²) in [5.41, 5.74) is 11.6. The molecule has 0 radical (unpaired) electrons. The van der Waals surface area contributed by atoms with E-state index in [4.69, 9.17) is 27.8 Å². The molecule has 2 aliphatic rings. The molecule has 0 saturated carbocycles. The number of nitrogens with one attached hydrogen (secondary N) is 1. The number of anilines is 3. The molecule has 2 aliphatic heterocycles. The van der Waals surface area contributed by atoms with Gasteiger partial charge in [-0.05, 0) is 55.7 Å². The number of ether oxygens (including phenoxy) is 1. The Labute approximate surface area is 234 Å². The van der Waals surface area contributed by atoms with Crippen molar-refractivity contribution in [3.8, 4) is 0 Å². The third-order valence-corrected chi connectivity index (χ3v) is 7.30. The summed E-state index contributed by atoms with van der Waals surface area (Å²) in [4.78, 5) is 43.6. The molecule has 5 rings (SSSR count). The second-order valence-corrected chi connectivity index (χ2v) is 10.5. The normalized spacial score (nSPS) is 15.2. The third kappa shape index (κ3) is 7.62. The highest BCUT2D eigenvalue weighted by Gasteiger charge is 2.21. The summed E-state index contributed by atoms with van der Waals surface area (Å²) < 4.78 is 5.88. The van der Waals surface area contributed by atoms with E-state index in [1.165, 1.54) is 17.8 Å². The zero-order valence-electron chi connectivity index (χ0n) is 21.1. The van der Waals surface area contributed by atoms with E-state index >= 15 is 0 Å². The number of thiophene rings is 1. The molecule has 2 saturated heterocycles. The predicted octanol–water partition coefficient (Wildman–Crippen LogP) is 2.68. The van der Waals surface area contributed by atoms with Crippen LogP contribution in [0.2, 0.25) is 4.34 Å². The van der Waals surface area contributed by atoms with Crippen molar-refractivity contribution in [2.45, 2.75) is 19.3 Å². The van der Waals surface area contributed by atoms with Crippen LogP contribution in [0.5, 0.6) is 0 Å². The highest BCUT2D eigenvalue weighted by atomic mass is 35.5. The number of hydrogen-bond acceptors (Lipinski definition) is 10. The molecule has 206 valence electrons. The Kier molecular flexibility index (Phi) is 9.63. The van der Waals surface area contributed by atoms with Crippen LogP contribution < -0.4 is 21.7 Å². The van der Waals surface area contributed by atoms with Gasteiger partial charge in [-0.15, -0.1) is 21.5 Å². The van der Waals surface area contributed by atoms with E-state index < -0.39 is 11.8 Å². The number of piperidine rings is 1. The molecule has 5 N–H and O–H groups in total. The van der Waals surface area contributed by atoms with Crippen LogP contribution in [-0.4, -0.2) is 77.2 Å². The van der Waals surface area contributed by atoms with Gasteiger partial charge in [0.1, 0.15) is 0 Å². The fourth-order valence-corrected chi connectivity index (χ4v) is 4.92. The molecule has 0 atom stereocenters. The molecular weight excluding hydrogens is 544 g/mol. The molecule has 0 bridgehead atoms. The van der Waals surface area contributed by atoms with Crippen LogP contribution in [0.15, 0.2) is 36.4 Å². The van der Waals surface area contributed by atoms with Gasteiger partial charge in [0.05, 0.1) is 22.4 Å². The number of carbonyl (C=O) groups is 3. The molecule has 12 nitrogen and oxygen atoms in total. The Hall–Kier alpha value is -3.81. The number of nitrogens with zero attached hydrogens (tertiary/aromatic N) is 5. The molecule has 2 fully saturated rings. The van der Waals surface area contributed by atoms with Gasteiger partial charge in [0.15, 0.2) is 11.5 Å². The molecule has 4 heterocycles. The first kappa shape index (κ1) is 28.2. The van der Waals surface area contributed by atoms with Gasteiger partial charge in [-0.1, -0.05) is 11.6 Å². The number of primary amides is 2. The first-order chi connectivity index (χ1) is 18.8. The number of benzene rings is 1. The van der Waals surface area contributed by atoms with E-state index in [0.717, 1.165) is 25.9 Å². The average molecular weight is 573 g/mol. The van der Waals surface area contributed by atoms with Crippen molar-refractivity contribution >= 4 is 58.1 Å². The molecule has 39 heavy (non-hydrogen) atoms. The Morgan fingerprint density at radius 2 is 1.59 bits per heavy atom. The van der Waals surface area contributed by atoms with Gasteiger partial charge < -0.3 is 31.3 Å². The summed E-state index contributed by atoms with van der Waals surface area (Å²) in [6, 6.07) is 10.3. The first-order valence-corrected chi connectivity index (χ1v) is 13.6. The van der Waals surface area contributed by atoms with Crippen molar-refractivity contribution in [2.24, 2.45) is 11.5 Å². The zero-order chi connectivity index (χ0) is 27.8. The smallest absolute Gasteiger partial charge is 0.273 e. The number of hydrogen-bond donors (Lipinski definition) is 3. The maximum atomic E-state index is 12.6. The lowest BCUT2D eigenvalue weighted by molar-refractivity contribution is 0.0303. The Morgan fingerprint density at radius 1 is 0.897 bits per heavy atom. The number of amides is 3. The van der Waals surface area contributed by atoms with Gasteiger partial charge >= 0.3 is 0 Å². The Morgan fingerprint density at radius 3 is 2.15 bits per heavy atom. The summed E-state index contributed by atoms with van der Waals surface area (Å²) in [7, 11) is 0. The number of nitrogens with two attached hydrogens (primary N) is 2. The van der Waals surface area contributed by atoms with Gasteiger partial charge in [0.25, 0.3) is 17.7 Å². The van der Waals surface area contributed by atoms with Crippen LogP contribution in [0, 0.1) is 0 Å². The SMILES string of the molecule is NC(=O)c1ccc(Cl)s1.NC(=O)c1nnc(N2CCCCC2)nc1Nc1ccc(C(=O)N2CCOCC2)cc1. The monoisotopic (exact) mass is 572 g/mol. The molecular formula is C25H29ClN8O4S. The molecule has 0 aliphatic carbocycles. The lowest BCUT2D eigenvalue weighted by Crippen LogP contribution is -2.40. The van der Waals surface area contributed by atoms with Crippen molar-refractivity contribution in [1.29, 1.82) is 0 Å². The minimum Gasteiger partial charge on any atom is -0.378 e. The number of aromatic nitrogens is 3. The van der Waals surface area contributed by atoms with Gasteiger partial charge in [0.2, 0.25) is 5.95 Å². The molecule has 3 aromatic rings. The molecule has 2 aromatic heterocycles. The topological polar surface area (TPSA) is 170 Å². The zero-order valence-corrected chi connectivity index (χ0v) is 22.7. The van der Waals surface area contributed by atoms with Crippen LogP contribution in [0.1, 0.15) is 49.8 Å². The van der Waals surface area contributed by atoms with Gasteiger partial charge in [0, 0.05) is 37.4 Å². The van der Waals surface area contributed by atoms with Crippen molar-refractivity contribution in [1.82, 2.24) is 20.1 Å². The van der Waals surface area contributed by atoms with Crippen molar-refractivity contribution < 1.29 is 19.1 Å². The van der Waals surface area contributed by atoms with Crippen LogP contribution in [0.4, 0.5) is 17.5 Å². The van der Waals surface area contributed by atoms with Gasteiger partial charge in [-0.3, -0.25) is 14.4 Å². The van der Waals surface area contributed by atoms with E-state index in [1.807, 2.05) is 0 Å².